The largest absolute Gasteiger partial charge is 0.478 e. The van der Waals surface area contributed by atoms with Gasteiger partial charge in [0, 0.05) is 9.75 Å². The number of aromatic carboxylic acids is 1. The van der Waals surface area contributed by atoms with Crippen molar-refractivity contribution < 1.29 is 14.3 Å². The number of benzene rings is 1. The summed E-state index contributed by atoms with van der Waals surface area (Å²) >= 11 is 1.63. The first-order valence-electron chi connectivity index (χ1n) is 5.83. The number of thiophene rings is 1. The molecule has 0 saturated carbocycles. The fourth-order valence-corrected chi connectivity index (χ4v) is 2.73. The summed E-state index contributed by atoms with van der Waals surface area (Å²) in [5.41, 5.74) is -0.0197. The maximum Gasteiger partial charge on any atom is 0.340 e. The maximum absolute atomic E-state index is 13.5. The molecule has 1 unspecified atom stereocenters. The first-order valence-corrected chi connectivity index (χ1v) is 6.65. The highest BCUT2D eigenvalue weighted by Crippen LogP contribution is 2.28. The van der Waals surface area contributed by atoms with Gasteiger partial charge in [0.05, 0.1) is 11.7 Å². The van der Waals surface area contributed by atoms with Crippen LogP contribution in [0.1, 0.15) is 33.1 Å². The third-order valence-corrected chi connectivity index (χ3v) is 3.97. The lowest BCUT2D eigenvalue weighted by Crippen LogP contribution is -2.11. The Morgan fingerprint density at radius 3 is 2.68 bits per heavy atom. The molecule has 0 aliphatic heterocycles. The van der Waals surface area contributed by atoms with Crippen molar-refractivity contribution in [1.29, 1.82) is 0 Å². The Balaban J connectivity index is 2.28. The molecule has 5 heteroatoms. The van der Waals surface area contributed by atoms with Crippen LogP contribution in [0.25, 0.3) is 0 Å². The number of halogens is 1. The minimum atomic E-state index is -1.27. The van der Waals surface area contributed by atoms with Crippen molar-refractivity contribution in [3.63, 3.8) is 0 Å². The quantitative estimate of drug-likeness (QED) is 0.887. The van der Waals surface area contributed by atoms with Crippen LogP contribution in [-0.2, 0) is 0 Å². The SMILES string of the molecule is Cc1ccc(C(C)Nc2cccc(F)c2C(=O)O)s1. The van der Waals surface area contributed by atoms with Crippen LogP contribution in [0.3, 0.4) is 0 Å². The molecule has 0 radical (unpaired) electrons. The Bertz CT molecular complexity index is 609. The number of aryl methyl sites for hydroxylation is 1. The molecule has 1 aromatic carbocycles. The standard InChI is InChI=1S/C14H14FNO2S/c1-8-6-7-12(19-8)9(2)16-11-5-3-4-10(15)13(11)14(17)18/h3-7,9,16H,1-2H3,(H,17,18). The Morgan fingerprint density at radius 2 is 2.11 bits per heavy atom. The van der Waals surface area contributed by atoms with E-state index < -0.39 is 11.8 Å². The van der Waals surface area contributed by atoms with Gasteiger partial charge in [0.25, 0.3) is 0 Å². The van der Waals surface area contributed by atoms with E-state index in [2.05, 4.69) is 5.32 Å². The Hall–Kier alpha value is -1.88. The summed E-state index contributed by atoms with van der Waals surface area (Å²) in [6, 6.07) is 8.13. The smallest absolute Gasteiger partial charge is 0.340 e. The second-order valence-electron chi connectivity index (χ2n) is 4.28. The summed E-state index contributed by atoms with van der Waals surface area (Å²) in [6.45, 7) is 3.92. The van der Waals surface area contributed by atoms with Crippen LogP contribution in [0.5, 0.6) is 0 Å². The number of rotatable bonds is 4. The van der Waals surface area contributed by atoms with Crippen LogP contribution in [0.4, 0.5) is 10.1 Å². The van der Waals surface area contributed by atoms with Gasteiger partial charge in [-0.15, -0.1) is 11.3 Å². The first kappa shape index (κ1) is 13.5. The van der Waals surface area contributed by atoms with E-state index in [1.807, 2.05) is 26.0 Å². The van der Waals surface area contributed by atoms with Gasteiger partial charge in [-0.25, -0.2) is 9.18 Å². The number of carbonyl (C=O) groups is 1. The minimum Gasteiger partial charge on any atom is -0.478 e. The van der Waals surface area contributed by atoms with Gasteiger partial charge in [0.15, 0.2) is 0 Å². The lowest BCUT2D eigenvalue weighted by molar-refractivity contribution is 0.0693. The number of hydrogen-bond acceptors (Lipinski definition) is 3. The second-order valence-corrected chi connectivity index (χ2v) is 5.60. The minimum absolute atomic E-state index is 0.0707. The van der Waals surface area contributed by atoms with Crippen molar-refractivity contribution in [2.45, 2.75) is 19.9 Å². The van der Waals surface area contributed by atoms with E-state index >= 15 is 0 Å². The van der Waals surface area contributed by atoms with E-state index in [9.17, 15) is 9.18 Å². The molecule has 1 atom stereocenters. The van der Waals surface area contributed by atoms with Crippen LogP contribution in [0.15, 0.2) is 30.3 Å². The van der Waals surface area contributed by atoms with Gasteiger partial charge in [-0.05, 0) is 38.1 Å². The number of anilines is 1. The molecule has 1 heterocycles. The molecular weight excluding hydrogens is 265 g/mol. The molecule has 2 rings (SSSR count). The molecule has 0 amide bonds. The molecule has 2 N–H and O–H groups in total. The van der Waals surface area contributed by atoms with Gasteiger partial charge in [-0.3, -0.25) is 0 Å². The van der Waals surface area contributed by atoms with E-state index in [4.69, 9.17) is 5.11 Å². The highest BCUT2D eigenvalue weighted by molar-refractivity contribution is 7.12. The van der Waals surface area contributed by atoms with E-state index in [0.717, 1.165) is 10.9 Å². The molecule has 100 valence electrons. The Morgan fingerprint density at radius 1 is 1.37 bits per heavy atom. The predicted molar refractivity (Wildman–Crippen MR) is 74.5 cm³/mol. The van der Waals surface area contributed by atoms with Crippen LogP contribution < -0.4 is 5.32 Å². The van der Waals surface area contributed by atoms with Gasteiger partial charge in [-0.1, -0.05) is 6.07 Å². The van der Waals surface area contributed by atoms with E-state index in [0.29, 0.717) is 5.69 Å². The average Bonchev–Trinajstić information content (AvgIpc) is 2.75. The van der Waals surface area contributed by atoms with Crippen molar-refractivity contribution in [3.8, 4) is 0 Å². The molecule has 2 aromatic rings. The predicted octanol–water partition coefficient (Wildman–Crippen LogP) is 4.07. The van der Waals surface area contributed by atoms with E-state index in [-0.39, 0.29) is 11.6 Å². The molecule has 0 fully saturated rings. The van der Waals surface area contributed by atoms with Crippen LogP contribution in [-0.4, -0.2) is 11.1 Å². The number of carboxylic acids is 1. The van der Waals surface area contributed by atoms with Gasteiger partial charge < -0.3 is 10.4 Å². The van der Waals surface area contributed by atoms with Gasteiger partial charge in [0.1, 0.15) is 11.4 Å². The summed E-state index contributed by atoms with van der Waals surface area (Å²) in [4.78, 5) is 13.4. The molecule has 0 bridgehead atoms. The molecule has 0 saturated heterocycles. The summed E-state index contributed by atoms with van der Waals surface area (Å²) < 4.78 is 13.5. The first-order chi connectivity index (χ1) is 8.99. The lowest BCUT2D eigenvalue weighted by Gasteiger charge is -2.16. The fraction of sp³-hybridized carbons (Fsp3) is 0.214. The van der Waals surface area contributed by atoms with E-state index in [1.165, 1.54) is 10.9 Å². The summed E-state index contributed by atoms with van der Waals surface area (Å²) in [5, 5.41) is 12.1. The number of hydrogen-bond donors (Lipinski definition) is 2. The molecule has 0 spiro atoms. The lowest BCUT2D eigenvalue weighted by atomic mass is 10.1. The zero-order valence-electron chi connectivity index (χ0n) is 10.6. The van der Waals surface area contributed by atoms with Gasteiger partial charge >= 0.3 is 5.97 Å². The zero-order valence-corrected chi connectivity index (χ0v) is 11.4. The van der Waals surface area contributed by atoms with Crippen molar-refractivity contribution >= 4 is 23.0 Å². The van der Waals surface area contributed by atoms with Crippen LogP contribution >= 0.6 is 11.3 Å². The molecule has 3 nitrogen and oxygen atoms in total. The maximum atomic E-state index is 13.5. The second kappa shape index (κ2) is 5.40. The van der Waals surface area contributed by atoms with Crippen LogP contribution in [0, 0.1) is 12.7 Å². The van der Waals surface area contributed by atoms with Crippen molar-refractivity contribution in [1.82, 2.24) is 0 Å². The van der Waals surface area contributed by atoms with Gasteiger partial charge in [-0.2, -0.15) is 0 Å². The number of carboxylic acid groups (broad SMARTS) is 1. The zero-order chi connectivity index (χ0) is 14.0. The summed E-state index contributed by atoms with van der Waals surface area (Å²) in [6.07, 6.45) is 0. The summed E-state index contributed by atoms with van der Waals surface area (Å²) in [7, 11) is 0. The molecule has 19 heavy (non-hydrogen) atoms. The van der Waals surface area contributed by atoms with Crippen molar-refractivity contribution in [2.75, 3.05) is 5.32 Å². The molecule has 0 aliphatic rings. The van der Waals surface area contributed by atoms with Crippen molar-refractivity contribution in [3.05, 3.63) is 51.5 Å². The number of nitrogens with one attached hydrogen (secondary N) is 1. The van der Waals surface area contributed by atoms with Crippen molar-refractivity contribution in [2.24, 2.45) is 0 Å². The molecular formula is C14H14FNO2S. The molecule has 0 aliphatic carbocycles. The normalized spacial score (nSPS) is 12.2. The Labute approximate surface area is 114 Å². The molecule has 1 aromatic heterocycles. The third-order valence-electron chi connectivity index (χ3n) is 2.79. The van der Waals surface area contributed by atoms with Gasteiger partial charge in [0.2, 0.25) is 0 Å². The monoisotopic (exact) mass is 279 g/mol. The third kappa shape index (κ3) is 2.93. The van der Waals surface area contributed by atoms with E-state index in [1.54, 1.807) is 17.4 Å². The Kier molecular flexibility index (Phi) is 3.85. The average molecular weight is 279 g/mol. The fourth-order valence-electron chi connectivity index (χ4n) is 1.85. The van der Waals surface area contributed by atoms with Crippen LogP contribution in [0.2, 0.25) is 0 Å². The summed E-state index contributed by atoms with van der Waals surface area (Å²) in [5.74, 6) is -2.00. The topological polar surface area (TPSA) is 49.3 Å². The highest BCUT2D eigenvalue weighted by atomic mass is 32.1. The highest BCUT2D eigenvalue weighted by Gasteiger charge is 2.17.